The summed E-state index contributed by atoms with van der Waals surface area (Å²) < 4.78 is 6.51. The third-order valence-corrected chi connectivity index (χ3v) is 5.77. The summed E-state index contributed by atoms with van der Waals surface area (Å²) in [5.74, 6) is 0.513. The first-order valence-corrected chi connectivity index (χ1v) is 10.8. The van der Waals surface area contributed by atoms with Gasteiger partial charge in [0.2, 0.25) is 0 Å². The molecule has 0 N–H and O–H groups in total. The van der Waals surface area contributed by atoms with Gasteiger partial charge in [0.25, 0.3) is 5.91 Å². The fourth-order valence-corrected chi connectivity index (χ4v) is 4.50. The van der Waals surface area contributed by atoms with Gasteiger partial charge in [-0.2, -0.15) is 0 Å². The van der Waals surface area contributed by atoms with Gasteiger partial charge >= 0.3 is 0 Å². The molecule has 0 aliphatic carbocycles. The van der Waals surface area contributed by atoms with Crippen molar-refractivity contribution in [1.82, 2.24) is 9.97 Å². The average molecular weight is 458 g/mol. The van der Waals surface area contributed by atoms with Gasteiger partial charge in [0.15, 0.2) is 5.13 Å². The summed E-state index contributed by atoms with van der Waals surface area (Å²) in [6.07, 6.45) is 1.70. The number of rotatable bonds is 6. The summed E-state index contributed by atoms with van der Waals surface area (Å²) in [4.78, 5) is 24.1. The highest BCUT2D eigenvalue weighted by molar-refractivity contribution is 7.22. The molecule has 1 amide bonds. The molecular formula is C22H17Cl2N3O2S. The van der Waals surface area contributed by atoms with E-state index in [1.165, 1.54) is 11.3 Å². The standard InChI is InChI=1S/C22H17Cl2N3O2S/c1-2-29-18-6-7-19-20(12-18)30-22(26-19)27(13-17-5-3-4-8-25-17)21(28)14-9-15(23)11-16(24)10-14/h3-12H,2,13H2,1H3. The molecule has 2 aromatic carbocycles. The fourth-order valence-electron chi connectivity index (χ4n) is 2.98. The molecule has 0 fully saturated rings. The van der Waals surface area contributed by atoms with Crippen LogP contribution in [-0.2, 0) is 6.54 Å². The summed E-state index contributed by atoms with van der Waals surface area (Å²) in [7, 11) is 0. The molecule has 0 saturated heterocycles. The first-order valence-electron chi connectivity index (χ1n) is 9.25. The number of fused-ring (bicyclic) bond motifs is 1. The number of anilines is 1. The molecule has 0 radical (unpaired) electrons. The van der Waals surface area contributed by atoms with Crippen molar-refractivity contribution in [3.8, 4) is 5.75 Å². The summed E-state index contributed by atoms with van der Waals surface area (Å²) in [6.45, 7) is 2.78. The number of hydrogen-bond donors (Lipinski definition) is 0. The second-order valence-corrected chi connectivity index (χ2v) is 8.31. The van der Waals surface area contributed by atoms with Crippen LogP contribution in [0.3, 0.4) is 0 Å². The summed E-state index contributed by atoms with van der Waals surface area (Å²) >= 11 is 13.7. The van der Waals surface area contributed by atoms with Gasteiger partial charge in [-0.1, -0.05) is 40.6 Å². The largest absolute Gasteiger partial charge is 0.494 e. The van der Waals surface area contributed by atoms with Crippen molar-refractivity contribution in [3.63, 3.8) is 0 Å². The number of benzene rings is 2. The minimum Gasteiger partial charge on any atom is -0.494 e. The Bertz CT molecular complexity index is 1180. The first kappa shape index (κ1) is 20.6. The number of nitrogens with zero attached hydrogens (tertiary/aromatic N) is 3. The average Bonchev–Trinajstić information content (AvgIpc) is 3.15. The zero-order chi connectivity index (χ0) is 21.1. The van der Waals surface area contributed by atoms with E-state index in [0.717, 1.165) is 21.7 Å². The van der Waals surface area contributed by atoms with Crippen LogP contribution in [0, 0.1) is 0 Å². The second-order valence-electron chi connectivity index (χ2n) is 6.43. The number of amides is 1. The summed E-state index contributed by atoms with van der Waals surface area (Å²) in [6, 6.07) is 16.1. The molecular weight excluding hydrogens is 441 g/mol. The maximum absolute atomic E-state index is 13.4. The van der Waals surface area contributed by atoms with Crippen molar-refractivity contribution in [3.05, 3.63) is 82.1 Å². The number of thiazole rings is 1. The van der Waals surface area contributed by atoms with E-state index >= 15 is 0 Å². The lowest BCUT2D eigenvalue weighted by Gasteiger charge is -2.20. The van der Waals surface area contributed by atoms with Gasteiger partial charge in [0.1, 0.15) is 5.75 Å². The van der Waals surface area contributed by atoms with E-state index in [9.17, 15) is 4.79 Å². The minimum absolute atomic E-state index is 0.255. The molecule has 4 rings (SSSR count). The number of hydrogen-bond acceptors (Lipinski definition) is 5. The van der Waals surface area contributed by atoms with Crippen molar-refractivity contribution >= 4 is 55.8 Å². The highest BCUT2D eigenvalue weighted by atomic mass is 35.5. The lowest BCUT2D eigenvalue weighted by atomic mass is 10.2. The zero-order valence-corrected chi connectivity index (χ0v) is 18.3. The zero-order valence-electron chi connectivity index (χ0n) is 16.0. The Balaban J connectivity index is 1.76. The van der Waals surface area contributed by atoms with Crippen LogP contribution >= 0.6 is 34.5 Å². The van der Waals surface area contributed by atoms with Crippen LogP contribution in [0.25, 0.3) is 10.2 Å². The second kappa shape index (κ2) is 9.00. The number of carbonyl (C=O) groups is 1. The molecule has 2 aromatic heterocycles. The maximum atomic E-state index is 13.4. The van der Waals surface area contributed by atoms with Gasteiger partial charge in [0.05, 0.1) is 29.1 Å². The summed E-state index contributed by atoms with van der Waals surface area (Å²) in [5, 5.41) is 1.36. The minimum atomic E-state index is -0.255. The Kier molecular flexibility index (Phi) is 6.18. The molecule has 2 heterocycles. The van der Waals surface area contributed by atoms with E-state index in [4.69, 9.17) is 27.9 Å². The third kappa shape index (κ3) is 4.56. The Morgan fingerprint density at radius 2 is 1.90 bits per heavy atom. The Labute approximate surface area is 187 Å². The highest BCUT2D eigenvalue weighted by Crippen LogP contribution is 2.33. The fraction of sp³-hybridized carbons (Fsp3) is 0.136. The topological polar surface area (TPSA) is 55.3 Å². The predicted octanol–water partition coefficient (Wildman–Crippen LogP) is 6.24. The molecule has 8 heteroatoms. The van der Waals surface area contributed by atoms with Crippen LogP contribution in [-0.4, -0.2) is 22.5 Å². The van der Waals surface area contributed by atoms with Crippen molar-refractivity contribution in [1.29, 1.82) is 0 Å². The van der Waals surface area contributed by atoms with Gasteiger partial charge in [-0.25, -0.2) is 4.98 Å². The van der Waals surface area contributed by atoms with E-state index in [-0.39, 0.29) is 12.5 Å². The van der Waals surface area contributed by atoms with Gasteiger partial charge in [0, 0.05) is 21.8 Å². The number of halogens is 2. The quantitative estimate of drug-likeness (QED) is 0.343. The van der Waals surface area contributed by atoms with Crippen LogP contribution in [0.2, 0.25) is 10.0 Å². The Morgan fingerprint density at radius 1 is 1.10 bits per heavy atom. The normalized spacial score (nSPS) is 10.9. The van der Waals surface area contributed by atoms with E-state index in [1.54, 1.807) is 29.3 Å². The molecule has 152 valence electrons. The van der Waals surface area contributed by atoms with Gasteiger partial charge in [-0.05, 0) is 55.5 Å². The van der Waals surface area contributed by atoms with Crippen molar-refractivity contribution in [2.75, 3.05) is 11.5 Å². The van der Waals surface area contributed by atoms with Crippen LogP contribution in [0.1, 0.15) is 23.0 Å². The number of ether oxygens (including phenoxy) is 1. The van der Waals surface area contributed by atoms with E-state index in [1.807, 2.05) is 43.3 Å². The number of carbonyl (C=O) groups excluding carboxylic acids is 1. The molecule has 0 spiro atoms. The van der Waals surface area contributed by atoms with Gasteiger partial charge in [-0.3, -0.25) is 14.7 Å². The van der Waals surface area contributed by atoms with E-state index in [0.29, 0.717) is 27.3 Å². The molecule has 0 saturated carbocycles. The molecule has 0 aliphatic heterocycles. The van der Waals surface area contributed by atoms with Crippen LogP contribution in [0.5, 0.6) is 5.75 Å². The maximum Gasteiger partial charge on any atom is 0.260 e. The molecule has 30 heavy (non-hydrogen) atoms. The van der Waals surface area contributed by atoms with Crippen LogP contribution in [0.15, 0.2) is 60.8 Å². The van der Waals surface area contributed by atoms with Crippen molar-refractivity contribution in [2.24, 2.45) is 0 Å². The highest BCUT2D eigenvalue weighted by Gasteiger charge is 2.23. The Morgan fingerprint density at radius 3 is 2.60 bits per heavy atom. The number of aromatic nitrogens is 2. The lowest BCUT2D eigenvalue weighted by Crippen LogP contribution is -2.30. The lowest BCUT2D eigenvalue weighted by molar-refractivity contribution is 0.0985. The molecule has 0 aliphatic rings. The van der Waals surface area contributed by atoms with Gasteiger partial charge in [-0.15, -0.1) is 0 Å². The Hall–Kier alpha value is -2.67. The predicted molar refractivity (Wildman–Crippen MR) is 122 cm³/mol. The van der Waals surface area contributed by atoms with Crippen LogP contribution < -0.4 is 9.64 Å². The molecule has 5 nitrogen and oxygen atoms in total. The van der Waals surface area contributed by atoms with Gasteiger partial charge < -0.3 is 4.74 Å². The SMILES string of the molecule is CCOc1ccc2nc(N(Cc3ccccn3)C(=O)c3cc(Cl)cc(Cl)c3)sc2c1. The van der Waals surface area contributed by atoms with Crippen molar-refractivity contribution < 1.29 is 9.53 Å². The third-order valence-electron chi connectivity index (χ3n) is 4.29. The van der Waals surface area contributed by atoms with E-state index in [2.05, 4.69) is 9.97 Å². The molecule has 0 atom stereocenters. The smallest absolute Gasteiger partial charge is 0.260 e. The molecule has 0 unspecified atom stereocenters. The monoisotopic (exact) mass is 457 g/mol. The molecule has 4 aromatic rings. The number of pyridine rings is 1. The van der Waals surface area contributed by atoms with Crippen LogP contribution in [0.4, 0.5) is 5.13 Å². The first-order chi connectivity index (χ1) is 14.5. The summed E-state index contributed by atoms with van der Waals surface area (Å²) in [5.41, 5.74) is 1.92. The van der Waals surface area contributed by atoms with E-state index < -0.39 is 0 Å². The van der Waals surface area contributed by atoms with Crippen molar-refractivity contribution in [2.45, 2.75) is 13.5 Å². The molecule has 0 bridgehead atoms.